The molecular weight excluding hydrogens is 415 g/mol. The molecule has 1 atom stereocenters. The number of hydrogen-bond acceptors (Lipinski definition) is 7. The molecule has 0 amide bonds. The van der Waals surface area contributed by atoms with E-state index < -0.39 is 28.8 Å². The van der Waals surface area contributed by atoms with Gasteiger partial charge in [0.2, 0.25) is 5.60 Å². The highest BCUT2D eigenvalue weighted by Crippen LogP contribution is 2.30. The molecule has 0 fully saturated rings. The Kier molecular flexibility index (Phi) is 5.50. The number of carbonyl (C=O) groups excluding carboxylic acids is 1. The zero-order valence-corrected chi connectivity index (χ0v) is 18.0. The molecule has 160 valence electrons. The highest BCUT2D eigenvalue weighted by atomic mass is 32.1. The SMILES string of the molecule is CCOC(=O)C1(C)CC(c2cc(-n3c(=O)n(C)c(=S)n(C)c3=O)c(F)cc2C)=NO1. The molecule has 9 nitrogen and oxygen atoms in total. The minimum Gasteiger partial charge on any atom is -0.463 e. The first-order valence-electron chi connectivity index (χ1n) is 9.14. The van der Waals surface area contributed by atoms with E-state index in [9.17, 15) is 18.8 Å². The van der Waals surface area contributed by atoms with E-state index in [1.807, 2.05) is 0 Å². The van der Waals surface area contributed by atoms with Crippen LogP contribution >= 0.6 is 12.2 Å². The van der Waals surface area contributed by atoms with Gasteiger partial charge in [0.25, 0.3) is 0 Å². The summed E-state index contributed by atoms with van der Waals surface area (Å²) in [7, 11) is 2.79. The molecule has 1 aliphatic heterocycles. The second kappa shape index (κ2) is 7.63. The van der Waals surface area contributed by atoms with Gasteiger partial charge >= 0.3 is 17.3 Å². The van der Waals surface area contributed by atoms with Crippen molar-refractivity contribution in [3.8, 4) is 5.69 Å². The number of rotatable bonds is 4. The topological polar surface area (TPSA) is 96.8 Å². The molecular formula is C19H21FN4O5S. The number of hydrogen-bond donors (Lipinski definition) is 0. The average molecular weight is 436 g/mol. The first-order chi connectivity index (χ1) is 14.0. The van der Waals surface area contributed by atoms with Gasteiger partial charge < -0.3 is 9.57 Å². The second-order valence-corrected chi connectivity index (χ2v) is 7.54. The van der Waals surface area contributed by atoms with E-state index in [-0.39, 0.29) is 23.5 Å². The molecule has 0 saturated heterocycles. The molecule has 0 N–H and O–H groups in total. The van der Waals surface area contributed by atoms with Crippen LogP contribution in [0.25, 0.3) is 5.69 Å². The summed E-state index contributed by atoms with van der Waals surface area (Å²) in [6.45, 7) is 5.07. The Hall–Kier alpha value is -3.08. The fourth-order valence-electron chi connectivity index (χ4n) is 3.20. The van der Waals surface area contributed by atoms with E-state index in [0.29, 0.717) is 21.4 Å². The maximum atomic E-state index is 14.8. The van der Waals surface area contributed by atoms with E-state index in [1.165, 1.54) is 26.2 Å². The Balaban J connectivity index is 2.15. The van der Waals surface area contributed by atoms with Crippen molar-refractivity contribution >= 4 is 23.9 Å². The lowest BCUT2D eigenvalue weighted by molar-refractivity contribution is -0.166. The third-order valence-corrected chi connectivity index (χ3v) is 5.49. The molecule has 30 heavy (non-hydrogen) atoms. The molecule has 1 aromatic carbocycles. The Morgan fingerprint density at radius 2 is 1.90 bits per heavy atom. The van der Waals surface area contributed by atoms with Crippen molar-refractivity contribution < 1.29 is 18.8 Å². The number of ether oxygens (including phenoxy) is 1. The quantitative estimate of drug-likeness (QED) is 0.532. The van der Waals surface area contributed by atoms with Crippen molar-refractivity contribution in [2.45, 2.75) is 32.8 Å². The summed E-state index contributed by atoms with van der Waals surface area (Å²) in [5.74, 6) is -1.33. The molecule has 1 aromatic heterocycles. The maximum Gasteiger partial charge on any atom is 0.353 e. The number of benzene rings is 1. The van der Waals surface area contributed by atoms with E-state index in [2.05, 4.69) is 5.16 Å². The van der Waals surface area contributed by atoms with Gasteiger partial charge in [-0.05, 0) is 50.7 Å². The van der Waals surface area contributed by atoms with Crippen molar-refractivity contribution in [3.05, 3.63) is 54.8 Å². The number of esters is 1. The molecule has 0 spiro atoms. The third-order valence-electron chi connectivity index (χ3n) is 4.95. The van der Waals surface area contributed by atoms with Crippen LogP contribution < -0.4 is 11.4 Å². The monoisotopic (exact) mass is 436 g/mol. The minimum absolute atomic E-state index is 0.00719. The highest BCUT2D eigenvalue weighted by Gasteiger charge is 2.44. The standard InChI is InChI=1S/C19H21FN4O5S/c1-6-28-15(25)19(3)9-13(21-29-19)11-8-14(12(20)7-10(11)2)24-16(26)22(4)18(30)23(5)17(24)27/h7-8H,6,9H2,1-5H3. The van der Waals surface area contributed by atoms with Crippen LogP contribution in [-0.4, -0.2) is 37.6 Å². The van der Waals surface area contributed by atoms with Crippen molar-refractivity contribution in [3.63, 3.8) is 0 Å². The van der Waals surface area contributed by atoms with Gasteiger partial charge in [0.15, 0.2) is 4.77 Å². The maximum absolute atomic E-state index is 14.8. The summed E-state index contributed by atoms with van der Waals surface area (Å²) in [5, 5.41) is 3.98. The van der Waals surface area contributed by atoms with Gasteiger partial charge in [-0.1, -0.05) is 5.16 Å². The third kappa shape index (κ3) is 3.38. The van der Waals surface area contributed by atoms with Crippen molar-refractivity contribution in [2.24, 2.45) is 19.3 Å². The number of aryl methyl sites for hydroxylation is 1. The summed E-state index contributed by atoms with van der Waals surface area (Å²) in [4.78, 5) is 42.8. The van der Waals surface area contributed by atoms with Gasteiger partial charge in [0, 0.05) is 26.1 Å². The molecule has 0 bridgehead atoms. The second-order valence-electron chi connectivity index (χ2n) is 7.18. The fourth-order valence-corrected chi connectivity index (χ4v) is 3.35. The summed E-state index contributed by atoms with van der Waals surface area (Å²) in [6.07, 6.45) is 0.0868. The molecule has 11 heteroatoms. The predicted molar refractivity (Wildman–Crippen MR) is 109 cm³/mol. The number of halogens is 1. The Bertz CT molecular complexity index is 1220. The van der Waals surface area contributed by atoms with E-state index in [0.717, 1.165) is 9.13 Å². The lowest BCUT2D eigenvalue weighted by atomic mass is 9.93. The van der Waals surface area contributed by atoms with Crippen LogP contribution in [0.2, 0.25) is 0 Å². The summed E-state index contributed by atoms with van der Waals surface area (Å²) >= 11 is 5.06. The van der Waals surface area contributed by atoms with Crippen LogP contribution in [0.3, 0.4) is 0 Å². The zero-order valence-electron chi connectivity index (χ0n) is 17.2. The van der Waals surface area contributed by atoms with Gasteiger partial charge in [-0.25, -0.2) is 23.3 Å². The van der Waals surface area contributed by atoms with Crippen LogP contribution in [0, 0.1) is 17.5 Å². The largest absolute Gasteiger partial charge is 0.463 e. The van der Waals surface area contributed by atoms with E-state index in [4.69, 9.17) is 21.8 Å². The summed E-state index contributed by atoms with van der Waals surface area (Å²) < 4.78 is 22.7. The molecule has 1 aliphatic rings. The molecule has 1 unspecified atom stereocenters. The molecule has 0 aliphatic carbocycles. The molecule has 2 aromatic rings. The number of carbonyl (C=O) groups is 1. The van der Waals surface area contributed by atoms with Crippen LogP contribution in [0.4, 0.5) is 4.39 Å². The van der Waals surface area contributed by atoms with Crippen LogP contribution in [0.5, 0.6) is 0 Å². The summed E-state index contributed by atoms with van der Waals surface area (Å²) in [6, 6.07) is 2.54. The lowest BCUT2D eigenvalue weighted by Crippen LogP contribution is -2.44. The van der Waals surface area contributed by atoms with Gasteiger partial charge in [0.1, 0.15) is 5.82 Å². The average Bonchev–Trinajstić information content (AvgIpc) is 3.10. The highest BCUT2D eigenvalue weighted by molar-refractivity contribution is 7.71. The Morgan fingerprint density at radius 3 is 2.47 bits per heavy atom. The van der Waals surface area contributed by atoms with Crippen molar-refractivity contribution in [2.75, 3.05) is 6.61 Å². The van der Waals surface area contributed by atoms with Gasteiger partial charge in [-0.15, -0.1) is 0 Å². The first kappa shape index (κ1) is 21.6. The minimum atomic E-state index is -1.31. The smallest absolute Gasteiger partial charge is 0.353 e. The normalized spacial score (nSPS) is 18.1. The first-order valence-corrected chi connectivity index (χ1v) is 9.55. The Morgan fingerprint density at radius 1 is 1.30 bits per heavy atom. The number of aromatic nitrogens is 3. The van der Waals surface area contributed by atoms with E-state index >= 15 is 0 Å². The predicted octanol–water partition coefficient (Wildman–Crippen LogP) is 1.50. The fraction of sp³-hybridized carbons (Fsp3) is 0.421. The summed E-state index contributed by atoms with van der Waals surface area (Å²) in [5.41, 5.74) is -1.80. The van der Waals surface area contributed by atoms with E-state index in [1.54, 1.807) is 20.8 Å². The van der Waals surface area contributed by atoms with Crippen LogP contribution in [0.1, 0.15) is 31.4 Å². The molecule has 0 saturated carbocycles. The van der Waals surface area contributed by atoms with Crippen LogP contribution in [-0.2, 0) is 28.5 Å². The molecule has 3 rings (SSSR count). The lowest BCUT2D eigenvalue weighted by Gasteiger charge is -2.19. The van der Waals surface area contributed by atoms with Gasteiger partial charge in [-0.3, -0.25) is 9.13 Å². The molecule has 0 radical (unpaired) electrons. The van der Waals surface area contributed by atoms with Gasteiger partial charge in [-0.2, -0.15) is 0 Å². The van der Waals surface area contributed by atoms with Crippen molar-refractivity contribution in [1.29, 1.82) is 0 Å². The Labute approximate surface area is 176 Å². The van der Waals surface area contributed by atoms with Gasteiger partial charge in [0.05, 0.1) is 18.0 Å². The number of nitrogens with zero attached hydrogens (tertiary/aromatic N) is 4. The zero-order chi connectivity index (χ0) is 22.4. The molecule has 2 heterocycles. The number of oxime groups is 1. The van der Waals surface area contributed by atoms with Crippen LogP contribution in [0.15, 0.2) is 26.9 Å². The van der Waals surface area contributed by atoms with Crippen molar-refractivity contribution in [1.82, 2.24) is 13.7 Å².